The lowest BCUT2D eigenvalue weighted by Crippen LogP contribution is -2.32. The minimum atomic E-state index is -0.995. The van der Waals surface area contributed by atoms with Crippen LogP contribution in [0.4, 0.5) is 0 Å². The van der Waals surface area contributed by atoms with Crippen molar-refractivity contribution in [1.29, 1.82) is 0 Å². The number of aromatic carboxylic acids is 1. The standard InChI is InChI=1S/C14H21NO3/c1-9-4-3-5-11(6-9)15-8-12-7-10(2)13(18-12)14(16)17/h7,9,11,15H,3-6,8H2,1-2H3,(H,16,17). The molecule has 0 aliphatic heterocycles. The monoisotopic (exact) mass is 251 g/mol. The van der Waals surface area contributed by atoms with E-state index < -0.39 is 5.97 Å². The van der Waals surface area contributed by atoms with Crippen molar-refractivity contribution < 1.29 is 14.3 Å². The van der Waals surface area contributed by atoms with E-state index in [0.717, 1.165) is 5.92 Å². The Balaban J connectivity index is 1.90. The van der Waals surface area contributed by atoms with E-state index in [9.17, 15) is 4.79 Å². The topological polar surface area (TPSA) is 62.5 Å². The van der Waals surface area contributed by atoms with Crippen molar-refractivity contribution in [3.63, 3.8) is 0 Å². The van der Waals surface area contributed by atoms with Gasteiger partial charge in [-0.25, -0.2) is 4.79 Å². The normalized spacial score (nSPS) is 24.1. The highest BCUT2D eigenvalue weighted by Gasteiger charge is 2.19. The Hall–Kier alpha value is -1.29. The molecule has 1 aromatic rings. The van der Waals surface area contributed by atoms with Gasteiger partial charge in [0.05, 0.1) is 6.54 Å². The molecule has 18 heavy (non-hydrogen) atoms. The molecule has 2 atom stereocenters. The maximum Gasteiger partial charge on any atom is 0.372 e. The van der Waals surface area contributed by atoms with Gasteiger partial charge in [-0.05, 0) is 31.7 Å². The Labute approximate surface area is 107 Å². The molecule has 4 nitrogen and oxygen atoms in total. The van der Waals surface area contributed by atoms with Crippen LogP contribution in [0.5, 0.6) is 0 Å². The van der Waals surface area contributed by atoms with Gasteiger partial charge in [0.1, 0.15) is 5.76 Å². The number of carboxylic acid groups (broad SMARTS) is 1. The first-order valence-corrected chi connectivity index (χ1v) is 6.62. The number of aryl methyl sites for hydroxylation is 1. The molecule has 2 rings (SSSR count). The molecule has 4 heteroatoms. The molecule has 0 bridgehead atoms. The number of hydrogen-bond acceptors (Lipinski definition) is 3. The summed E-state index contributed by atoms with van der Waals surface area (Å²) in [5.74, 6) is 0.557. The largest absolute Gasteiger partial charge is 0.475 e. The van der Waals surface area contributed by atoms with Gasteiger partial charge in [-0.15, -0.1) is 0 Å². The zero-order valence-electron chi connectivity index (χ0n) is 11.0. The molecule has 0 radical (unpaired) electrons. The maximum absolute atomic E-state index is 10.9. The molecular weight excluding hydrogens is 230 g/mol. The molecule has 0 amide bonds. The van der Waals surface area contributed by atoms with Gasteiger partial charge >= 0.3 is 5.97 Å². The molecule has 100 valence electrons. The van der Waals surface area contributed by atoms with E-state index in [1.165, 1.54) is 25.7 Å². The second-order valence-electron chi connectivity index (χ2n) is 5.38. The fraction of sp³-hybridized carbons (Fsp3) is 0.643. The molecule has 2 N–H and O–H groups in total. The quantitative estimate of drug-likeness (QED) is 0.863. The fourth-order valence-corrected chi connectivity index (χ4v) is 2.71. The summed E-state index contributed by atoms with van der Waals surface area (Å²) in [6.07, 6.45) is 5.00. The second kappa shape index (κ2) is 5.57. The Morgan fingerprint density at radius 3 is 2.94 bits per heavy atom. The Morgan fingerprint density at radius 2 is 2.33 bits per heavy atom. The van der Waals surface area contributed by atoms with Crippen molar-refractivity contribution in [1.82, 2.24) is 5.32 Å². The van der Waals surface area contributed by atoms with Crippen molar-refractivity contribution in [2.75, 3.05) is 0 Å². The summed E-state index contributed by atoms with van der Waals surface area (Å²) in [5, 5.41) is 12.4. The summed E-state index contributed by atoms with van der Waals surface area (Å²) in [6, 6.07) is 2.34. The van der Waals surface area contributed by atoms with E-state index in [1.807, 2.05) is 6.07 Å². The van der Waals surface area contributed by atoms with Crippen molar-refractivity contribution in [2.24, 2.45) is 5.92 Å². The highest BCUT2D eigenvalue weighted by atomic mass is 16.4. The van der Waals surface area contributed by atoms with Crippen LogP contribution in [-0.2, 0) is 6.54 Å². The average molecular weight is 251 g/mol. The molecule has 0 saturated heterocycles. The molecule has 1 aromatic heterocycles. The molecule has 2 unspecified atom stereocenters. The molecule has 1 heterocycles. The van der Waals surface area contributed by atoms with Crippen LogP contribution in [0, 0.1) is 12.8 Å². The first kappa shape index (κ1) is 13.1. The Kier molecular flexibility index (Phi) is 4.07. The van der Waals surface area contributed by atoms with Gasteiger partial charge in [0.25, 0.3) is 0 Å². The molecule has 0 spiro atoms. The van der Waals surface area contributed by atoms with Crippen LogP contribution in [0.1, 0.15) is 54.5 Å². The minimum absolute atomic E-state index is 0.0591. The van der Waals surface area contributed by atoms with E-state index in [0.29, 0.717) is 23.9 Å². The van der Waals surface area contributed by atoms with Gasteiger partial charge < -0.3 is 14.8 Å². The van der Waals surface area contributed by atoms with E-state index in [4.69, 9.17) is 9.52 Å². The van der Waals surface area contributed by atoms with E-state index >= 15 is 0 Å². The van der Waals surface area contributed by atoms with Crippen LogP contribution in [0.2, 0.25) is 0 Å². The Morgan fingerprint density at radius 1 is 1.56 bits per heavy atom. The van der Waals surface area contributed by atoms with E-state index in [1.54, 1.807) is 6.92 Å². The number of nitrogens with one attached hydrogen (secondary N) is 1. The van der Waals surface area contributed by atoms with Gasteiger partial charge in [0.15, 0.2) is 0 Å². The van der Waals surface area contributed by atoms with Crippen LogP contribution in [0.3, 0.4) is 0 Å². The number of carbonyl (C=O) groups is 1. The van der Waals surface area contributed by atoms with Crippen LogP contribution < -0.4 is 5.32 Å². The van der Waals surface area contributed by atoms with E-state index in [-0.39, 0.29) is 5.76 Å². The van der Waals surface area contributed by atoms with Crippen LogP contribution in [0.25, 0.3) is 0 Å². The lowest BCUT2D eigenvalue weighted by molar-refractivity contribution is 0.0659. The second-order valence-corrected chi connectivity index (χ2v) is 5.38. The number of hydrogen-bond donors (Lipinski definition) is 2. The summed E-state index contributed by atoms with van der Waals surface area (Å²) < 4.78 is 5.33. The minimum Gasteiger partial charge on any atom is -0.475 e. The first-order chi connectivity index (χ1) is 8.56. The summed E-state index contributed by atoms with van der Waals surface area (Å²) in [7, 11) is 0. The Bertz CT molecular complexity index is 425. The molecule has 1 aliphatic carbocycles. The number of rotatable bonds is 4. The van der Waals surface area contributed by atoms with Crippen molar-refractivity contribution in [3.8, 4) is 0 Å². The zero-order valence-corrected chi connectivity index (χ0v) is 11.0. The highest BCUT2D eigenvalue weighted by Crippen LogP contribution is 2.24. The van der Waals surface area contributed by atoms with Crippen LogP contribution in [-0.4, -0.2) is 17.1 Å². The van der Waals surface area contributed by atoms with Crippen molar-refractivity contribution in [3.05, 3.63) is 23.2 Å². The summed E-state index contributed by atoms with van der Waals surface area (Å²) in [5.41, 5.74) is 0.691. The smallest absolute Gasteiger partial charge is 0.372 e. The third-order valence-corrected chi connectivity index (χ3v) is 3.66. The SMILES string of the molecule is Cc1cc(CNC2CCCC(C)C2)oc1C(=O)O. The van der Waals surface area contributed by atoms with Gasteiger partial charge in [-0.2, -0.15) is 0 Å². The molecule has 1 aliphatic rings. The molecule has 0 aromatic carbocycles. The lowest BCUT2D eigenvalue weighted by Gasteiger charge is -2.27. The summed E-state index contributed by atoms with van der Waals surface area (Å²) in [6.45, 7) is 4.66. The lowest BCUT2D eigenvalue weighted by atomic mass is 9.87. The number of furan rings is 1. The van der Waals surface area contributed by atoms with Gasteiger partial charge in [-0.3, -0.25) is 0 Å². The van der Waals surface area contributed by atoms with Crippen molar-refractivity contribution in [2.45, 2.75) is 52.1 Å². The summed E-state index contributed by atoms with van der Waals surface area (Å²) >= 11 is 0. The summed E-state index contributed by atoms with van der Waals surface area (Å²) in [4.78, 5) is 10.9. The third-order valence-electron chi connectivity index (χ3n) is 3.66. The predicted molar refractivity (Wildman–Crippen MR) is 68.7 cm³/mol. The van der Waals surface area contributed by atoms with Crippen molar-refractivity contribution >= 4 is 5.97 Å². The fourth-order valence-electron chi connectivity index (χ4n) is 2.71. The van der Waals surface area contributed by atoms with E-state index in [2.05, 4.69) is 12.2 Å². The number of carboxylic acids is 1. The molecular formula is C14H21NO3. The van der Waals surface area contributed by atoms with Crippen LogP contribution in [0.15, 0.2) is 10.5 Å². The highest BCUT2D eigenvalue weighted by molar-refractivity contribution is 5.86. The van der Waals surface area contributed by atoms with Crippen LogP contribution >= 0.6 is 0 Å². The third kappa shape index (κ3) is 3.13. The average Bonchev–Trinajstić information content (AvgIpc) is 2.68. The zero-order chi connectivity index (χ0) is 13.1. The maximum atomic E-state index is 10.9. The van der Waals surface area contributed by atoms with Gasteiger partial charge in [-0.1, -0.05) is 19.8 Å². The molecule has 1 fully saturated rings. The van der Waals surface area contributed by atoms with Gasteiger partial charge in [0.2, 0.25) is 5.76 Å². The predicted octanol–water partition coefficient (Wildman–Crippen LogP) is 2.95. The first-order valence-electron chi connectivity index (χ1n) is 6.62. The molecule has 1 saturated carbocycles. The van der Waals surface area contributed by atoms with Gasteiger partial charge in [0, 0.05) is 11.6 Å².